The van der Waals surface area contributed by atoms with Crippen molar-refractivity contribution in [2.75, 3.05) is 32.7 Å². The maximum Gasteiger partial charge on any atom is 0.162 e. The molecule has 2 saturated heterocycles. The molecule has 0 spiro atoms. The number of carbonyl (C=O) groups excluding carboxylic acids is 1. The van der Waals surface area contributed by atoms with E-state index in [0.717, 1.165) is 32.1 Å². The van der Waals surface area contributed by atoms with Crippen LogP contribution in [0, 0.1) is 5.82 Å². The van der Waals surface area contributed by atoms with Gasteiger partial charge in [0, 0.05) is 37.7 Å². The number of piperazine rings is 1. The number of fused-ring (bicyclic) bond motifs is 1. The largest absolute Gasteiger partial charge is 0.300 e. The molecule has 23 heavy (non-hydrogen) atoms. The molecule has 6 heteroatoms. The summed E-state index contributed by atoms with van der Waals surface area (Å²) in [6.45, 7) is 5.72. The van der Waals surface area contributed by atoms with Gasteiger partial charge in [-0.2, -0.15) is 0 Å². The van der Waals surface area contributed by atoms with E-state index in [0.29, 0.717) is 12.0 Å². The molecule has 2 aliphatic rings. The maximum absolute atomic E-state index is 12.8. The summed E-state index contributed by atoms with van der Waals surface area (Å²) in [4.78, 5) is 17.1. The molecule has 1 atom stereocenters. The third-order valence-corrected chi connectivity index (χ3v) is 4.72. The standard InChI is InChI=1S/C17H23FN2O.2ClH/c18-15-7-5-14(6-8-15)17(21)4-2-9-19-11-12-20-10-1-3-16(20)13-19;;/h5-8,16H,1-4,9-13H2;2*1H/t16-;;/m0../s1. The highest BCUT2D eigenvalue weighted by molar-refractivity contribution is 5.95. The Balaban J connectivity index is 0.00000132. The van der Waals surface area contributed by atoms with Crippen LogP contribution in [0.4, 0.5) is 4.39 Å². The van der Waals surface area contributed by atoms with Crippen molar-refractivity contribution in [3.8, 4) is 0 Å². The monoisotopic (exact) mass is 362 g/mol. The van der Waals surface area contributed by atoms with E-state index >= 15 is 0 Å². The number of hydrogen-bond donors (Lipinski definition) is 0. The summed E-state index contributed by atoms with van der Waals surface area (Å²) in [5, 5.41) is 0. The van der Waals surface area contributed by atoms with Crippen LogP contribution in [0.5, 0.6) is 0 Å². The lowest BCUT2D eigenvalue weighted by molar-refractivity contribution is 0.0927. The highest BCUT2D eigenvalue weighted by atomic mass is 35.5. The Labute approximate surface area is 150 Å². The van der Waals surface area contributed by atoms with Crippen molar-refractivity contribution in [1.82, 2.24) is 9.80 Å². The van der Waals surface area contributed by atoms with Crippen molar-refractivity contribution in [3.05, 3.63) is 35.6 Å². The van der Waals surface area contributed by atoms with E-state index in [1.54, 1.807) is 12.1 Å². The van der Waals surface area contributed by atoms with Gasteiger partial charge in [0.1, 0.15) is 5.82 Å². The van der Waals surface area contributed by atoms with E-state index in [4.69, 9.17) is 0 Å². The SMILES string of the molecule is Cl.Cl.O=C(CCCN1CCN2CCC[C@H]2C1)c1ccc(F)cc1. The van der Waals surface area contributed by atoms with E-state index in [2.05, 4.69) is 9.80 Å². The summed E-state index contributed by atoms with van der Waals surface area (Å²) in [6, 6.07) is 6.61. The zero-order valence-electron chi connectivity index (χ0n) is 13.2. The predicted octanol–water partition coefficient (Wildman–Crippen LogP) is 3.41. The van der Waals surface area contributed by atoms with Gasteiger partial charge in [-0.15, -0.1) is 24.8 Å². The Morgan fingerprint density at radius 3 is 2.61 bits per heavy atom. The van der Waals surface area contributed by atoms with Crippen LogP contribution in [0.15, 0.2) is 24.3 Å². The maximum atomic E-state index is 12.8. The number of carbonyl (C=O) groups is 1. The zero-order valence-corrected chi connectivity index (χ0v) is 14.9. The molecule has 2 aliphatic heterocycles. The number of rotatable bonds is 5. The predicted molar refractivity (Wildman–Crippen MR) is 95.5 cm³/mol. The number of hydrogen-bond acceptors (Lipinski definition) is 3. The van der Waals surface area contributed by atoms with E-state index in [1.807, 2.05) is 0 Å². The van der Waals surface area contributed by atoms with Crippen LogP contribution < -0.4 is 0 Å². The van der Waals surface area contributed by atoms with Crippen molar-refractivity contribution in [2.45, 2.75) is 31.7 Å². The Kier molecular flexibility index (Phi) is 8.48. The molecule has 0 aliphatic carbocycles. The van der Waals surface area contributed by atoms with Gasteiger partial charge in [-0.25, -0.2) is 4.39 Å². The van der Waals surface area contributed by atoms with Gasteiger partial charge < -0.3 is 4.90 Å². The molecular weight excluding hydrogens is 338 g/mol. The Morgan fingerprint density at radius 1 is 1.13 bits per heavy atom. The summed E-state index contributed by atoms with van der Waals surface area (Å²) in [7, 11) is 0. The Hall–Kier alpha value is -0.680. The lowest BCUT2D eigenvalue weighted by Gasteiger charge is -2.37. The average molecular weight is 363 g/mol. The molecule has 0 radical (unpaired) electrons. The lowest BCUT2D eigenvalue weighted by atomic mass is 10.1. The normalized spacial score (nSPS) is 21.2. The molecule has 3 rings (SSSR count). The Morgan fingerprint density at radius 2 is 1.87 bits per heavy atom. The number of Topliss-reactive ketones (excluding diaryl/α,β-unsaturated/α-hetero) is 1. The minimum Gasteiger partial charge on any atom is -0.300 e. The molecule has 1 aromatic rings. The first-order valence-electron chi connectivity index (χ1n) is 7.97. The lowest BCUT2D eigenvalue weighted by Crippen LogP contribution is -2.50. The van der Waals surface area contributed by atoms with Gasteiger partial charge in [-0.05, 0) is 56.6 Å². The van der Waals surface area contributed by atoms with E-state index in [9.17, 15) is 9.18 Å². The molecule has 2 fully saturated rings. The summed E-state index contributed by atoms with van der Waals surface area (Å²) in [5.74, 6) is -0.171. The summed E-state index contributed by atoms with van der Waals surface area (Å²) >= 11 is 0. The highest BCUT2D eigenvalue weighted by Gasteiger charge is 2.30. The van der Waals surface area contributed by atoms with Gasteiger partial charge in [0.15, 0.2) is 5.78 Å². The fourth-order valence-electron chi connectivity index (χ4n) is 3.50. The second-order valence-corrected chi connectivity index (χ2v) is 6.17. The van der Waals surface area contributed by atoms with Crippen molar-refractivity contribution in [1.29, 1.82) is 0 Å². The van der Waals surface area contributed by atoms with E-state index in [-0.39, 0.29) is 36.4 Å². The fraction of sp³-hybridized carbons (Fsp3) is 0.588. The molecule has 0 N–H and O–H groups in total. The molecule has 3 nitrogen and oxygen atoms in total. The van der Waals surface area contributed by atoms with Crippen molar-refractivity contribution < 1.29 is 9.18 Å². The van der Waals surface area contributed by atoms with E-state index in [1.165, 1.54) is 38.1 Å². The fourth-order valence-corrected chi connectivity index (χ4v) is 3.50. The molecule has 2 heterocycles. The molecule has 0 saturated carbocycles. The zero-order chi connectivity index (χ0) is 14.7. The first-order valence-corrected chi connectivity index (χ1v) is 7.97. The topological polar surface area (TPSA) is 23.6 Å². The van der Waals surface area contributed by atoms with Crippen LogP contribution in [0.25, 0.3) is 0 Å². The van der Waals surface area contributed by atoms with Crippen LogP contribution in [0.3, 0.4) is 0 Å². The second-order valence-electron chi connectivity index (χ2n) is 6.17. The average Bonchev–Trinajstić information content (AvgIpc) is 2.95. The second kappa shape index (κ2) is 9.58. The van der Waals surface area contributed by atoms with Crippen LogP contribution >= 0.6 is 24.8 Å². The first-order chi connectivity index (χ1) is 10.2. The molecule has 0 aromatic heterocycles. The van der Waals surface area contributed by atoms with Gasteiger partial charge in [0.05, 0.1) is 0 Å². The van der Waals surface area contributed by atoms with Crippen LogP contribution in [-0.4, -0.2) is 54.3 Å². The molecule has 1 aromatic carbocycles. The van der Waals surface area contributed by atoms with Crippen molar-refractivity contribution in [2.24, 2.45) is 0 Å². The number of ketones is 1. The molecule has 0 unspecified atom stereocenters. The van der Waals surface area contributed by atoms with E-state index < -0.39 is 0 Å². The number of nitrogens with zero attached hydrogens (tertiary/aromatic N) is 2. The first kappa shape index (κ1) is 20.4. The van der Waals surface area contributed by atoms with Gasteiger partial charge >= 0.3 is 0 Å². The molecule has 0 bridgehead atoms. The quantitative estimate of drug-likeness (QED) is 0.749. The third-order valence-electron chi connectivity index (χ3n) is 4.72. The van der Waals surface area contributed by atoms with Gasteiger partial charge in [-0.3, -0.25) is 9.69 Å². The molecule has 0 amide bonds. The van der Waals surface area contributed by atoms with Crippen molar-refractivity contribution >= 4 is 30.6 Å². The van der Waals surface area contributed by atoms with Crippen LogP contribution in [0.1, 0.15) is 36.0 Å². The minimum atomic E-state index is -0.291. The van der Waals surface area contributed by atoms with Gasteiger partial charge in [-0.1, -0.05) is 0 Å². The number of benzene rings is 1. The molecular formula is C17H25Cl2FN2O. The summed E-state index contributed by atoms with van der Waals surface area (Å²) in [5.41, 5.74) is 0.622. The van der Waals surface area contributed by atoms with Crippen LogP contribution in [-0.2, 0) is 0 Å². The van der Waals surface area contributed by atoms with Gasteiger partial charge in [0.2, 0.25) is 0 Å². The number of halogens is 3. The highest BCUT2D eigenvalue weighted by Crippen LogP contribution is 2.21. The Bertz CT molecular complexity index is 498. The van der Waals surface area contributed by atoms with Crippen LogP contribution in [0.2, 0.25) is 0 Å². The molecule has 130 valence electrons. The third kappa shape index (κ3) is 5.42. The van der Waals surface area contributed by atoms with Crippen molar-refractivity contribution in [3.63, 3.8) is 0 Å². The summed E-state index contributed by atoms with van der Waals surface area (Å²) < 4.78 is 12.8. The smallest absolute Gasteiger partial charge is 0.162 e. The minimum absolute atomic E-state index is 0. The summed E-state index contributed by atoms with van der Waals surface area (Å²) in [6.07, 6.45) is 4.10. The van der Waals surface area contributed by atoms with Gasteiger partial charge in [0.25, 0.3) is 0 Å².